The maximum Gasteiger partial charge on any atom is 0.152 e. The quantitative estimate of drug-likeness (QED) is 0.744. The van der Waals surface area contributed by atoms with Crippen LogP contribution in [0.15, 0.2) is 0 Å². The van der Waals surface area contributed by atoms with Crippen molar-refractivity contribution in [3.8, 4) is 0 Å². The van der Waals surface area contributed by atoms with Crippen molar-refractivity contribution < 1.29 is 4.79 Å². The van der Waals surface area contributed by atoms with E-state index in [1.165, 1.54) is 0 Å². The number of hydrogen-bond donors (Lipinski definition) is 1. The molecule has 1 aliphatic heterocycles. The Balaban J connectivity index is 2.29. The number of Topliss-reactive ketones (excluding diaryl/α,β-unsaturated/α-hetero) is 1. The zero-order valence-electron chi connectivity index (χ0n) is 10.8. The van der Waals surface area contributed by atoms with Gasteiger partial charge in [-0.3, -0.25) is 14.6 Å². The zero-order chi connectivity index (χ0) is 12.2. The molecule has 0 amide bonds. The first-order valence-corrected chi connectivity index (χ1v) is 6.11. The average Bonchev–Trinajstić information content (AvgIpc) is 2.61. The van der Waals surface area contributed by atoms with E-state index in [1.54, 1.807) is 0 Å². The fourth-order valence-electron chi connectivity index (χ4n) is 1.77. The highest BCUT2D eigenvalue weighted by Gasteiger charge is 2.26. The minimum absolute atomic E-state index is 0.218. The molecule has 4 heteroatoms. The fraction of sp³-hybridized carbons (Fsp3) is 0.917. The Morgan fingerprint density at radius 3 is 2.44 bits per heavy atom. The first kappa shape index (κ1) is 13.6. The summed E-state index contributed by atoms with van der Waals surface area (Å²) in [6.07, 6.45) is 1.04. The molecule has 1 heterocycles. The largest absolute Gasteiger partial charge is 0.330 e. The molecule has 1 saturated heterocycles. The van der Waals surface area contributed by atoms with Gasteiger partial charge in [-0.15, -0.1) is 0 Å². The summed E-state index contributed by atoms with van der Waals surface area (Å²) in [5, 5.41) is 0. The van der Waals surface area contributed by atoms with Gasteiger partial charge in [-0.25, -0.2) is 0 Å². The number of carbonyl (C=O) groups excluding carboxylic acids is 1. The van der Waals surface area contributed by atoms with Crippen LogP contribution in [0.3, 0.4) is 0 Å². The van der Waals surface area contributed by atoms with Crippen LogP contribution in [0.5, 0.6) is 0 Å². The number of nitrogens with zero attached hydrogens (tertiary/aromatic N) is 2. The fourth-order valence-corrected chi connectivity index (χ4v) is 1.77. The van der Waals surface area contributed by atoms with Gasteiger partial charge in [0.05, 0.1) is 13.2 Å². The van der Waals surface area contributed by atoms with Gasteiger partial charge in [0, 0.05) is 25.0 Å². The Morgan fingerprint density at radius 2 is 1.88 bits per heavy atom. The number of rotatable bonds is 5. The third kappa shape index (κ3) is 4.20. The second-order valence-electron chi connectivity index (χ2n) is 5.63. The van der Waals surface area contributed by atoms with Crippen LogP contribution in [0.4, 0.5) is 0 Å². The standard InChI is InChI=1S/C12H25N3O/c1-12(2,3)11(16)9-15-8-7-14(10-15)6-4-5-13/h4-10,13H2,1-3H3. The molecule has 0 radical (unpaired) electrons. The van der Waals surface area contributed by atoms with Crippen molar-refractivity contribution in [2.75, 3.05) is 39.4 Å². The van der Waals surface area contributed by atoms with E-state index in [9.17, 15) is 4.79 Å². The van der Waals surface area contributed by atoms with E-state index in [4.69, 9.17) is 5.73 Å². The first-order chi connectivity index (χ1) is 7.43. The lowest BCUT2D eigenvalue weighted by molar-refractivity contribution is -0.127. The maximum absolute atomic E-state index is 11.9. The predicted molar refractivity (Wildman–Crippen MR) is 66.1 cm³/mol. The van der Waals surface area contributed by atoms with E-state index in [-0.39, 0.29) is 5.41 Å². The second kappa shape index (κ2) is 5.75. The van der Waals surface area contributed by atoms with E-state index in [2.05, 4.69) is 9.80 Å². The molecule has 0 spiro atoms. The van der Waals surface area contributed by atoms with Crippen LogP contribution in [0.2, 0.25) is 0 Å². The lowest BCUT2D eigenvalue weighted by atomic mass is 9.90. The van der Waals surface area contributed by atoms with Gasteiger partial charge in [0.1, 0.15) is 0 Å². The number of hydrogen-bond acceptors (Lipinski definition) is 4. The van der Waals surface area contributed by atoms with Gasteiger partial charge in [0.25, 0.3) is 0 Å². The topological polar surface area (TPSA) is 49.6 Å². The molecule has 0 atom stereocenters. The number of carbonyl (C=O) groups is 1. The maximum atomic E-state index is 11.9. The number of nitrogens with two attached hydrogens (primary N) is 1. The molecule has 0 aromatic rings. The van der Waals surface area contributed by atoms with E-state index in [0.717, 1.165) is 39.3 Å². The molecule has 1 fully saturated rings. The van der Waals surface area contributed by atoms with E-state index >= 15 is 0 Å². The minimum atomic E-state index is -0.218. The minimum Gasteiger partial charge on any atom is -0.330 e. The van der Waals surface area contributed by atoms with Crippen molar-refractivity contribution in [1.82, 2.24) is 9.80 Å². The lowest BCUT2D eigenvalue weighted by Crippen LogP contribution is -2.35. The van der Waals surface area contributed by atoms with Crippen LogP contribution >= 0.6 is 0 Å². The molecule has 0 aromatic carbocycles. The van der Waals surface area contributed by atoms with Crippen molar-refractivity contribution in [2.45, 2.75) is 27.2 Å². The summed E-state index contributed by atoms with van der Waals surface area (Å²) >= 11 is 0. The van der Waals surface area contributed by atoms with E-state index in [1.807, 2.05) is 20.8 Å². The normalized spacial score (nSPS) is 19.2. The van der Waals surface area contributed by atoms with Crippen LogP contribution in [0.25, 0.3) is 0 Å². The number of ketones is 1. The summed E-state index contributed by atoms with van der Waals surface area (Å²) in [5.74, 6) is 0.327. The summed E-state index contributed by atoms with van der Waals surface area (Å²) < 4.78 is 0. The van der Waals surface area contributed by atoms with Crippen molar-refractivity contribution in [2.24, 2.45) is 11.1 Å². The first-order valence-electron chi connectivity index (χ1n) is 6.11. The Labute approximate surface area is 98.8 Å². The molecule has 1 aliphatic rings. The molecule has 0 aromatic heterocycles. The lowest BCUT2D eigenvalue weighted by Gasteiger charge is -2.22. The van der Waals surface area contributed by atoms with E-state index in [0.29, 0.717) is 12.3 Å². The van der Waals surface area contributed by atoms with E-state index < -0.39 is 0 Å². The highest BCUT2D eigenvalue weighted by atomic mass is 16.1. The summed E-state index contributed by atoms with van der Waals surface area (Å²) in [4.78, 5) is 16.5. The Morgan fingerprint density at radius 1 is 1.25 bits per heavy atom. The molecular formula is C12H25N3O. The molecule has 0 aliphatic carbocycles. The van der Waals surface area contributed by atoms with Crippen molar-refractivity contribution in [3.63, 3.8) is 0 Å². The van der Waals surface area contributed by atoms with Crippen LogP contribution < -0.4 is 5.73 Å². The average molecular weight is 227 g/mol. The molecule has 4 nitrogen and oxygen atoms in total. The smallest absolute Gasteiger partial charge is 0.152 e. The summed E-state index contributed by atoms with van der Waals surface area (Å²) in [6.45, 7) is 11.3. The van der Waals surface area contributed by atoms with Crippen molar-refractivity contribution in [1.29, 1.82) is 0 Å². The summed E-state index contributed by atoms with van der Waals surface area (Å²) in [6, 6.07) is 0. The molecule has 16 heavy (non-hydrogen) atoms. The van der Waals surface area contributed by atoms with Gasteiger partial charge >= 0.3 is 0 Å². The van der Waals surface area contributed by atoms with Gasteiger partial charge in [0.15, 0.2) is 5.78 Å². The van der Waals surface area contributed by atoms with Crippen LogP contribution in [-0.2, 0) is 4.79 Å². The third-order valence-electron chi connectivity index (χ3n) is 3.01. The molecule has 2 N–H and O–H groups in total. The molecule has 1 rings (SSSR count). The Hall–Kier alpha value is -0.450. The molecule has 0 saturated carbocycles. The van der Waals surface area contributed by atoms with Gasteiger partial charge in [-0.2, -0.15) is 0 Å². The monoisotopic (exact) mass is 227 g/mol. The Bertz CT molecular complexity index is 235. The highest BCUT2D eigenvalue weighted by Crippen LogP contribution is 2.16. The molecule has 0 unspecified atom stereocenters. The molecular weight excluding hydrogens is 202 g/mol. The van der Waals surface area contributed by atoms with Gasteiger partial charge < -0.3 is 5.73 Å². The summed E-state index contributed by atoms with van der Waals surface area (Å²) in [5.41, 5.74) is 5.27. The predicted octanol–water partition coefficient (Wildman–Crippen LogP) is 0.526. The van der Waals surface area contributed by atoms with Gasteiger partial charge in [-0.1, -0.05) is 20.8 Å². The summed E-state index contributed by atoms with van der Waals surface area (Å²) in [7, 11) is 0. The molecule has 94 valence electrons. The Kier molecular flexibility index (Phi) is 4.89. The van der Waals surface area contributed by atoms with Gasteiger partial charge in [-0.05, 0) is 13.0 Å². The second-order valence-corrected chi connectivity index (χ2v) is 5.63. The van der Waals surface area contributed by atoms with Crippen molar-refractivity contribution in [3.05, 3.63) is 0 Å². The van der Waals surface area contributed by atoms with Crippen LogP contribution in [0, 0.1) is 5.41 Å². The van der Waals surface area contributed by atoms with Crippen LogP contribution in [0.1, 0.15) is 27.2 Å². The SMILES string of the molecule is CC(C)(C)C(=O)CN1CCN(CCCN)C1. The van der Waals surface area contributed by atoms with Gasteiger partial charge in [0.2, 0.25) is 0 Å². The molecule has 0 bridgehead atoms. The highest BCUT2D eigenvalue weighted by molar-refractivity contribution is 5.85. The van der Waals surface area contributed by atoms with Crippen LogP contribution in [-0.4, -0.2) is 55.0 Å². The third-order valence-corrected chi connectivity index (χ3v) is 3.01. The van der Waals surface area contributed by atoms with Crippen molar-refractivity contribution >= 4 is 5.78 Å². The zero-order valence-corrected chi connectivity index (χ0v) is 10.8.